The van der Waals surface area contributed by atoms with Crippen molar-refractivity contribution >= 4 is 59.0 Å². The highest BCUT2D eigenvalue weighted by Gasteiger charge is 2.25. The lowest BCUT2D eigenvalue weighted by Gasteiger charge is -2.18. The van der Waals surface area contributed by atoms with Gasteiger partial charge in [0.2, 0.25) is 23.6 Å². The van der Waals surface area contributed by atoms with Gasteiger partial charge in [-0.1, -0.05) is 0 Å². The van der Waals surface area contributed by atoms with Crippen LogP contribution in [0.2, 0.25) is 0 Å². The average Bonchev–Trinajstić information content (AvgIpc) is 3.85. The number of carbonyl (C=O) groups is 10. The highest BCUT2D eigenvalue weighted by Crippen LogP contribution is 2.08. The standard InChI is InChI=1S/C46H72N6O19/c53-37(5-3-20-64-26-32-70-34-35-71-33-29-67-23-14-46(62)63)36(50-41(57)13-22-66-28-31-69-25-17-49-39(55)11-19-52-44(60)8-9-45(52)61)4-1-2-15-47-40(56)12-21-65-27-30-68-24-16-48-38(54)10-18-51-42(58)6-7-43(51)59/h6-9,36H,1-5,10-35H2,(H,47,56)(H,48,54)(H,49,55)(H,50,57)(H,62,63)/t36-/m0/s1. The van der Waals surface area contributed by atoms with E-state index in [4.69, 9.17) is 43.0 Å². The molecule has 2 aliphatic rings. The lowest BCUT2D eigenvalue weighted by molar-refractivity contribution is -0.139. The van der Waals surface area contributed by atoms with Gasteiger partial charge in [0.05, 0.1) is 112 Å². The number of nitrogens with zero attached hydrogens (tertiary/aromatic N) is 2. The molecule has 0 radical (unpaired) electrons. The highest BCUT2D eigenvalue weighted by atomic mass is 16.6. The molecule has 5 N–H and O–H groups in total. The van der Waals surface area contributed by atoms with Crippen LogP contribution in [0.15, 0.2) is 24.3 Å². The molecule has 1 atom stereocenters. The molecular weight excluding hydrogens is 941 g/mol. The van der Waals surface area contributed by atoms with Crippen LogP contribution in [0.5, 0.6) is 0 Å². The number of ether oxygens (including phenoxy) is 8. The van der Waals surface area contributed by atoms with Gasteiger partial charge in [-0.05, 0) is 25.7 Å². The van der Waals surface area contributed by atoms with Crippen molar-refractivity contribution in [1.82, 2.24) is 31.1 Å². The Balaban J connectivity index is 1.57. The minimum atomic E-state index is -0.925. The zero-order valence-corrected chi connectivity index (χ0v) is 40.5. The highest BCUT2D eigenvalue weighted by molar-refractivity contribution is 6.13. The van der Waals surface area contributed by atoms with E-state index in [1.807, 2.05) is 0 Å². The first-order chi connectivity index (χ1) is 34.4. The first-order valence-corrected chi connectivity index (χ1v) is 23.9. The summed E-state index contributed by atoms with van der Waals surface area (Å²) < 4.78 is 43.4. The van der Waals surface area contributed by atoms with E-state index in [-0.39, 0.29) is 160 Å². The SMILES string of the molecule is O=C(O)CCOCCOCCOCCOCCCC(=O)[C@H](CCCCNC(=O)CCOCCOCCNC(=O)CCN1C(=O)C=CC1=O)NC(=O)CCOCCOCCNC(=O)CCN1C(=O)C=CC1=O. The smallest absolute Gasteiger partial charge is 0.305 e. The third-order valence-corrected chi connectivity index (χ3v) is 10.0. The summed E-state index contributed by atoms with van der Waals surface area (Å²) in [6.07, 6.45) is 6.71. The van der Waals surface area contributed by atoms with Crippen molar-refractivity contribution in [3.05, 3.63) is 24.3 Å². The van der Waals surface area contributed by atoms with Crippen LogP contribution in [0, 0.1) is 0 Å². The molecule has 0 saturated carbocycles. The summed E-state index contributed by atoms with van der Waals surface area (Å²) in [5.41, 5.74) is 0. The Morgan fingerprint density at radius 3 is 1.23 bits per heavy atom. The van der Waals surface area contributed by atoms with Gasteiger partial charge < -0.3 is 64.3 Å². The summed E-state index contributed by atoms with van der Waals surface area (Å²) in [6.45, 7) is 4.73. The van der Waals surface area contributed by atoms with Crippen LogP contribution >= 0.6 is 0 Å². The van der Waals surface area contributed by atoms with Crippen molar-refractivity contribution in [3.63, 3.8) is 0 Å². The molecule has 400 valence electrons. The number of Topliss-reactive ketones (excluding diaryl/α,β-unsaturated/α-hetero) is 1. The van der Waals surface area contributed by atoms with Gasteiger partial charge in [0.15, 0.2) is 5.78 Å². The van der Waals surface area contributed by atoms with E-state index in [1.54, 1.807) is 0 Å². The molecule has 0 aromatic carbocycles. The summed E-state index contributed by atoms with van der Waals surface area (Å²) in [4.78, 5) is 121. The molecule has 0 aromatic heterocycles. The van der Waals surface area contributed by atoms with E-state index in [0.717, 1.165) is 34.1 Å². The lowest BCUT2D eigenvalue weighted by Crippen LogP contribution is -2.41. The number of aliphatic carboxylic acids is 1. The predicted molar refractivity (Wildman–Crippen MR) is 248 cm³/mol. The van der Waals surface area contributed by atoms with Gasteiger partial charge in [-0.3, -0.25) is 57.7 Å². The van der Waals surface area contributed by atoms with E-state index in [2.05, 4.69) is 21.3 Å². The Morgan fingerprint density at radius 2 is 0.775 bits per heavy atom. The topological polar surface area (TPSA) is 319 Å². The molecular formula is C46H72N6O19. The van der Waals surface area contributed by atoms with Gasteiger partial charge in [-0.25, -0.2) is 0 Å². The molecule has 2 heterocycles. The maximum atomic E-state index is 13.2. The van der Waals surface area contributed by atoms with E-state index in [0.29, 0.717) is 71.9 Å². The van der Waals surface area contributed by atoms with Crippen LogP contribution in [0.3, 0.4) is 0 Å². The zero-order chi connectivity index (χ0) is 51.7. The molecule has 0 saturated heterocycles. The Kier molecular flexibility index (Phi) is 34.8. The molecule has 2 aliphatic heterocycles. The van der Waals surface area contributed by atoms with Crippen molar-refractivity contribution < 1.29 is 90.9 Å². The molecule has 25 heteroatoms. The quantitative estimate of drug-likeness (QED) is 0.0337. The molecule has 25 nitrogen and oxygen atoms in total. The Hall–Kier alpha value is -5.54. The van der Waals surface area contributed by atoms with Gasteiger partial charge in [0, 0.05) is 95.7 Å². The fourth-order valence-corrected chi connectivity index (χ4v) is 6.22. The number of carboxylic acids is 1. The first kappa shape index (κ1) is 61.6. The van der Waals surface area contributed by atoms with Crippen molar-refractivity contribution in [2.75, 3.05) is 138 Å². The zero-order valence-electron chi connectivity index (χ0n) is 40.5. The van der Waals surface area contributed by atoms with E-state index in [1.165, 1.54) is 0 Å². The Bertz CT molecular complexity index is 1690. The lowest BCUT2D eigenvalue weighted by atomic mass is 10.0. The second-order valence-corrected chi connectivity index (χ2v) is 15.6. The fourth-order valence-electron chi connectivity index (χ4n) is 6.22. The minimum Gasteiger partial charge on any atom is -0.481 e. The molecule has 0 bridgehead atoms. The molecule has 0 fully saturated rings. The third kappa shape index (κ3) is 32.1. The van der Waals surface area contributed by atoms with Crippen LogP contribution in [0.4, 0.5) is 0 Å². The number of hydrogen-bond donors (Lipinski definition) is 5. The van der Waals surface area contributed by atoms with Crippen molar-refractivity contribution in [3.8, 4) is 0 Å². The normalized spacial score (nSPS) is 13.6. The second-order valence-electron chi connectivity index (χ2n) is 15.6. The van der Waals surface area contributed by atoms with Gasteiger partial charge in [0.25, 0.3) is 23.6 Å². The van der Waals surface area contributed by atoms with E-state index < -0.39 is 35.6 Å². The Morgan fingerprint density at radius 1 is 0.408 bits per heavy atom. The summed E-state index contributed by atoms with van der Waals surface area (Å²) in [6, 6.07) is -0.751. The van der Waals surface area contributed by atoms with Crippen molar-refractivity contribution in [1.29, 1.82) is 0 Å². The van der Waals surface area contributed by atoms with E-state index in [9.17, 15) is 47.9 Å². The summed E-state index contributed by atoms with van der Waals surface area (Å²) in [5, 5.41) is 19.5. The van der Waals surface area contributed by atoms with Crippen molar-refractivity contribution in [2.45, 2.75) is 70.3 Å². The molecule has 71 heavy (non-hydrogen) atoms. The molecule has 0 unspecified atom stereocenters. The number of hydrogen-bond acceptors (Lipinski definition) is 18. The molecule has 0 aliphatic carbocycles. The van der Waals surface area contributed by atoms with Crippen LogP contribution in [-0.2, 0) is 85.8 Å². The summed E-state index contributed by atoms with van der Waals surface area (Å²) >= 11 is 0. The number of nitrogens with one attached hydrogen (secondary N) is 4. The van der Waals surface area contributed by atoms with Crippen molar-refractivity contribution in [2.24, 2.45) is 0 Å². The third-order valence-electron chi connectivity index (χ3n) is 10.0. The number of carbonyl (C=O) groups excluding carboxylic acids is 9. The number of imide groups is 2. The molecule has 8 amide bonds. The number of carboxylic acid groups (broad SMARTS) is 1. The molecule has 0 spiro atoms. The summed E-state index contributed by atoms with van der Waals surface area (Å²) in [5.74, 6) is -4.09. The van der Waals surface area contributed by atoms with Gasteiger partial charge in [-0.15, -0.1) is 0 Å². The first-order valence-electron chi connectivity index (χ1n) is 23.9. The predicted octanol–water partition coefficient (Wildman–Crippen LogP) is -1.64. The number of rotatable bonds is 47. The van der Waals surface area contributed by atoms with Crippen LogP contribution in [-0.4, -0.2) is 218 Å². The number of ketones is 1. The van der Waals surface area contributed by atoms with Gasteiger partial charge in [0.1, 0.15) is 0 Å². The Labute approximate surface area is 413 Å². The van der Waals surface area contributed by atoms with Crippen LogP contribution in [0.25, 0.3) is 0 Å². The number of amides is 8. The van der Waals surface area contributed by atoms with Crippen LogP contribution < -0.4 is 21.3 Å². The average molecular weight is 1010 g/mol. The van der Waals surface area contributed by atoms with Gasteiger partial charge in [-0.2, -0.15) is 0 Å². The molecule has 0 aromatic rings. The van der Waals surface area contributed by atoms with Gasteiger partial charge >= 0.3 is 5.97 Å². The largest absolute Gasteiger partial charge is 0.481 e. The van der Waals surface area contributed by atoms with Crippen LogP contribution in [0.1, 0.15) is 64.2 Å². The summed E-state index contributed by atoms with van der Waals surface area (Å²) in [7, 11) is 0. The number of unbranched alkanes of at least 4 members (excludes halogenated alkanes) is 1. The maximum Gasteiger partial charge on any atom is 0.305 e. The monoisotopic (exact) mass is 1010 g/mol. The fraction of sp³-hybridized carbons (Fsp3) is 0.696. The maximum absolute atomic E-state index is 13.2. The second kappa shape index (κ2) is 40.1. The minimum absolute atomic E-state index is 0.00102. The molecule has 2 rings (SSSR count). The van der Waals surface area contributed by atoms with E-state index >= 15 is 0 Å².